The van der Waals surface area contributed by atoms with Crippen LogP contribution in [0.15, 0.2) is 0 Å². The quantitative estimate of drug-likeness (QED) is 0.606. The van der Waals surface area contributed by atoms with Gasteiger partial charge < -0.3 is 15.8 Å². The molecule has 0 aliphatic carbocycles. The first-order chi connectivity index (χ1) is 8.00. The van der Waals surface area contributed by atoms with Crippen LogP contribution in [-0.2, 0) is 4.74 Å². The Balaban J connectivity index is 2.41. The van der Waals surface area contributed by atoms with Crippen molar-refractivity contribution in [3.05, 3.63) is 11.0 Å². The van der Waals surface area contributed by atoms with Crippen molar-refractivity contribution < 1.29 is 13.5 Å². The van der Waals surface area contributed by atoms with E-state index in [1.54, 1.807) is 6.92 Å². The highest BCUT2D eigenvalue weighted by Gasteiger charge is 2.07. The molecule has 0 aliphatic heterocycles. The van der Waals surface area contributed by atoms with Crippen molar-refractivity contribution in [1.29, 1.82) is 0 Å². The van der Waals surface area contributed by atoms with Gasteiger partial charge in [0.15, 0.2) is 5.82 Å². The maximum Gasteiger partial charge on any atom is 0.261 e. The van der Waals surface area contributed by atoms with Gasteiger partial charge in [0.1, 0.15) is 6.61 Å². The molecule has 0 fully saturated rings. The topological polar surface area (TPSA) is 73.1 Å². The summed E-state index contributed by atoms with van der Waals surface area (Å²) >= 11 is 5.66. The van der Waals surface area contributed by atoms with Gasteiger partial charge in [-0.15, -0.1) is 0 Å². The number of aromatic nitrogens is 2. The molecule has 0 bridgehead atoms. The zero-order valence-electron chi connectivity index (χ0n) is 9.21. The van der Waals surface area contributed by atoms with E-state index in [0.717, 1.165) is 0 Å². The molecule has 0 aromatic carbocycles. The lowest BCUT2D eigenvalue weighted by Crippen LogP contribution is -2.15. The van der Waals surface area contributed by atoms with Gasteiger partial charge in [-0.3, -0.25) is 0 Å². The molecule has 0 amide bonds. The Labute approximate surface area is 102 Å². The smallest absolute Gasteiger partial charge is 0.261 e. The van der Waals surface area contributed by atoms with Gasteiger partial charge in [0, 0.05) is 6.54 Å². The van der Waals surface area contributed by atoms with Gasteiger partial charge in [-0.2, -0.15) is 4.98 Å². The maximum atomic E-state index is 11.8. The van der Waals surface area contributed by atoms with Crippen LogP contribution >= 0.6 is 11.6 Å². The molecule has 0 unspecified atom stereocenters. The molecule has 1 heterocycles. The number of hydrogen-bond donors (Lipinski definition) is 2. The second-order valence-electron chi connectivity index (χ2n) is 3.23. The summed E-state index contributed by atoms with van der Waals surface area (Å²) in [4.78, 5) is 7.74. The number of halogens is 3. The minimum atomic E-state index is -2.46. The summed E-state index contributed by atoms with van der Waals surface area (Å²) in [5.74, 6) is 0.378. The third-order valence-electron chi connectivity index (χ3n) is 1.89. The molecule has 0 aliphatic rings. The summed E-state index contributed by atoms with van der Waals surface area (Å²) in [7, 11) is 0. The van der Waals surface area contributed by atoms with E-state index in [-0.39, 0.29) is 11.9 Å². The van der Waals surface area contributed by atoms with E-state index in [1.165, 1.54) is 0 Å². The second kappa shape index (κ2) is 6.51. The van der Waals surface area contributed by atoms with Crippen LogP contribution in [0.3, 0.4) is 0 Å². The van der Waals surface area contributed by atoms with Gasteiger partial charge in [0.25, 0.3) is 6.43 Å². The lowest BCUT2D eigenvalue weighted by molar-refractivity contribution is 0.0215. The fraction of sp³-hybridized carbons (Fsp3) is 0.556. The van der Waals surface area contributed by atoms with Crippen LogP contribution in [-0.4, -0.2) is 36.2 Å². The molecule has 0 spiro atoms. The summed E-state index contributed by atoms with van der Waals surface area (Å²) in [6.45, 7) is 1.55. The third kappa shape index (κ3) is 4.66. The van der Waals surface area contributed by atoms with Crippen molar-refractivity contribution in [2.45, 2.75) is 13.3 Å². The van der Waals surface area contributed by atoms with Gasteiger partial charge in [0.2, 0.25) is 5.28 Å². The highest BCUT2D eigenvalue weighted by atomic mass is 35.5. The van der Waals surface area contributed by atoms with Crippen LogP contribution in [0.25, 0.3) is 0 Å². The fourth-order valence-corrected chi connectivity index (χ4v) is 1.31. The Morgan fingerprint density at radius 2 is 2.18 bits per heavy atom. The van der Waals surface area contributed by atoms with E-state index in [0.29, 0.717) is 23.7 Å². The lowest BCUT2D eigenvalue weighted by atomic mass is 10.3. The Kier molecular flexibility index (Phi) is 5.30. The van der Waals surface area contributed by atoms with Gasteiger partial charge in [0.05, 0.1) is 18.0 Å². The number of nitrogens with one attached hydrogen (secondary N) is 1. The molecule has 8 heteroatoms. The van der Waals surface area contributed by atoms with Crippen LogP contribution in [0.1, 0.15) is 5.69 Å². The van der Waals surface area contributed by atoms with Gasteiger partial charge in [-0.1, -0.05) is 0 Å². The summed E-state index contributed by atoms with van der Waals surface area (Å²) < 4.78 is 28.2. The Morgan fingerprint density at radius 3 is 2.82 bits per heavy atom. The number of nitrogens with two attached hydrogens (primary N) is 1. The molecule has 1 aromatic heterocycles. The van der Waals surface area contributed by atoms with Crippen molar-refractivity contribution >= 4 is 23.1 Å². The first-order valence-electron chi connectivity index (χ1n) is 4.90. The van der Waals surface area contributed by atoms with Crippen LogP contribution in [0, 0.1) is 6.92 Å². The highest BCUT2D eigenvalue weighted by molar-refractivity contribution is 6.28. The number of rotatable bonds is 6. The molecule has 1 rings (SSSR count). The van der Waals surface area contributed by atoms with Crippen molar-refractivity contribution in [2.24, 2.45) is 0 Å². The van der Waals surface area contributed by atoms with E-state index < -0.39 is 13.0 Å². The molecule has 0 saturated heterocycles. The second-order valence-corrected chi connectivity index (χ2v) is 3.57. The highest BCUT2D eigenvalue weighted by Crippen LogP contribution is 2.19. The minimum Gasteiger partial charge on any atom is -0.394 e. The zero-order valence-corrected chi connectivity index (χ0v) is 9.97. The molecular formula is C9H13ClF2N4O. The van der Waals surface area contributed by atoms with Crippen LogP contribution in [0.2, 0.25) is 5.28 Å². The van der Waals surface area contributed by atoms with E-state index >= 15 is 0 Å². The van der Waals surface area contributed by atoms with E-state index in [2.05, 4.69) is 20.0 Å². The summed E-state index contributed by atoms with van der Waals surface area (Å²) in [6.07, 6.45) is -2.46. The maximum absolute atomic E-state index is 11.8. The monoisotopic (exact) mass is 266 g/mol. The fourth-order valence-electron chi connectivity index (χ4n) is 1.10. The normalized spacial score (nSPS) is 10.9. The third-order valence-corrected chi connectivity index (χ3v) is 2.06. The SMILES string of the molecule is Cc1nc(Cl)nc(NCCOCC(F)F)c1N. The summed E-state index contributed by atoms with van der Waals surface area (Å²) in [6, 6.07) is 0. The van der Waals surface area contributed by atoms with E-state index in [1.807, 2.05) is 0 Å². The first-order valence-corrected chi connectivity index (χ1v) is 5.28. The number of nitrogen functional groups attached to an aromatic ring is 1. The average Bonchev–Trinajstić information content (AvgIpc) is 2.23. The molecule has 5 nitrogen and oxygen atoms in total. The number of hydrogen-bond acceptors (Lipinski definition) is 5. The van der Waals surface area contributed by atoms with Crippen molar-refractivity contribution in [3.63, 3.8) is 0 Å². The van der Waals surface area contributed by atoms with Gasteiger partial charge >= 0.3 is 0 Å². The number of anilines is 2. The number of nitrogens with zero attached hydrogens (tertiary/aromatic N) is 2. The summed E-state index contributed by atoms with van der Waals surface area (Å²) in [5.41, 5.74) is 6.64. The van der Waals surface area contributed by atoms with Crippen LogP contribution < -0.4 is 11.1 Å². The van der Waals surface area contributed by atoms with E-state index in [4.69, 9.17) is 17.3 Å². The molecule has 96 valence electrons. The predicted octanol–water partition coefficient (Wildman–Crippen LogP) is 1.71. The van der Waals surface area contributed by atoms with Crippen LogP contribution in [0.4, 0.5) is 20.3 Å². The van der Waals surface area contributed by atoms with Crippen molar-refractivity contribution in [1.82, 2.24) is 9.97 Å². The molecule has 0 atom stereocenters. The standard InChI is InChI=1S/C9H13ClF2N4O/c1-5-7(13)8(16-9(10)15-5)14-2-3-17-4-6(11)12/h6H,2-4,13H2,1H3,(H,14,15,16). The largest absolute Gasteiger partial charge is 0.394 e. The van der Waals surface area contributed by atoms with Gasteiger partial charge in [-0.05, 0) is 18.5 Å². The number of alkyl halides is 2. The van der Waals surface area contributed by atoms with Crippen molar-refractivity contribution in [2.75, 3.05) is 30.8 Å². The zero-order chi connectivity index (χ0) is 12.8. The molecular weight excluding hydrogens is 254 g/mol. The van der Waals surface area contributed by atoms with Crippen LogP contribution in [0.5, 0.6) is 0 Å². The van der Waals surface area contributed by atoms with E-state index in [9.17, 15) is 8.78 Å². The predicted molar refractivity (Wildman–Crippen MR) is 61.5 cm³/mol. The molecule has 1 aromatic rings. The minimum absolute atomic E-state index is 0.0766. The number of ether oxygens (including phenoxy) is 1. The molecule has 17 heavy (non-hydrogen) atoms. The summed E-state index contributed by atoms with van der Waals surface area (Å²) in [5, 5.41) is 2.91. The molecule has 0 saturated carbocycles. The Morgan fingerprint density at radius 1 is 1.47 bits per heavy atom. The Hall–Kier alpha value is -1.21. The molecule has 0 radical (unpaired) electrons. The van der Waals surface area contributed by atoms with Gasteiger partial charge in [-0.25, -0.2) is 13.8 Å². The lowest BCUT2D eigenvalue weighted by Gasteiger charge is -2.10. The first kappa shape index (κ1) is 13.9. The number of aryl methyl sites for hydroxylation is 1. The Bertz CT molecular complexity index is 378. The average molecular weight is 267 g/mol. The van der Waals surface area contributed by atoms with Crippen molar-refractivity contribution in [3.8, 4) is 0 Å². The molecule has 3 N–H and O–H groups in total.